The second kappa shape index (κ2) is 12.3. The lowest BCUT2D eigenvalue weighted by molar-refractivity contribution is -0.149. The van der Waals surface area contributed by atoms with Gasteiger partial charge in [0.2, 0.25) is 11.8 Å². The molecule has 0 unspecified atom stereocenters. The first-order chi connectivity index (χ1) is 19.5. The number of nitrogens with one attached hydrogen (secondary N) is 2. The van der Waals surface area contributed by atoms with E-state index < -0.39 is 18.2 Å². The molecule has 1 aliphatic heterocycles. The van der Waals surface area contributed by atoms with Crippen LogP contribution in [-0.2, 0) is 33.9 Å². The molecule has 1 fully saturated rings. The Morgan fingerprint density at radius 3 is 2.38 bits per heavy atom. The maximum Gasteiger partial charge on any atom is 0.408 e. The van der Waals surface area contributed by atoms with E-state index in [1.807, 2.05) is 84.9 Å². The third-order valence-electron chi connectivity index (χ3n) is 7.02. The van der Waals surface area contributed by atoms with Crippen molar-refractivity contribution in [2.75, 3.05) is 12.3 Å². The zero-order valence-electron chi connectivity index (χ0n) is 22.0. The smallest absolute Gasteiger partial charge is 0.408 e. The van der Waals surface area contributed by atoms with E-state index in [-0.39, 0.29) is 24.8 Å². The second-order valence-corrected chi connectivity index (χ2v) is 9.75. The Kier molecular flexibility index (Phi) is 8.20. The first-order valence-electron chi connectivity index (χ1n) is 13.2. The first kappa shape index (κ1) is 26.7. The average Bonchev–Trinajstić information content (AvgIpc) is 2.95. The molecule has 9 heteroatoms. The second-order valence-electron chi connectivity index (χ2n) is 9.75. The fourth-order valence-electron chi connectivity index (χ4n) is 4.75. The number of rotatable bonds is 9. The summed E-state index contributed by atoms with van der Waals surface area (Å²) in [5, 5.41) is 7.46. The van der Waals surface area contributed by atoms with Gasteiger partial charge >= 0.3 is 6.09 Å². The highest BCUT2D eigenvalue weighted by atomic mass is 16.5. The van der Waals surface area contributed by atoms with Crippen molar-refractivity contribution >= 4 is 34.5 Å². The van der Waals surface area contributed by atoms with E-state index in [9.17, 15) is 14.4 Å². The van der Waals surface area contributed by atoms with E-state index in [2.05, 4.69) is 15.6 Å². The highest BCUT2D eigenvalue weighted by molar-refractivity contribution is 5.93. The van der Waals surface area contributed by atoms with Crippen LogP contribution >= 0.6 is 0 Å². The van der Waals surface area contributed by atoms with E-state index in [0.29, 0.717) is 25.3 Å². The molecule has 0 saturated carbocycles. The van der Waals surface area contributed by atoms with Gasteiger partial charge < -0.3 is 26.0 Å². The third kappa shape index (κ3) is 6.37. The van der Waals surface area contributed by atoms with Crippen molar-refractivity contribution in [3.8, 4) is 0 Å². The number of nitrogens with zero attached hydrogens (tertiary/aromatic N) is 2. The van der Waals surface area contributed by atoms with Gasteiger partial charge in [0.15, 0.2) is 0 Å². The molecule has 204 valence electrons. The van der Waals surface area contributed by atoms with Gasteiger partial charge in [-0.25, -0.2) is 9.78 Å². The Hall–Kier alpha value is -4.92. The number of amides is 3. The van der Waals surface area contributed by atoms with Crippen LogP contribution in [0.2, 0.25) is 0 Å². The molecule has 5 rings (SSSR count). The van der Waals surface area contributed by atoms with E-state index in [0.717, 1.165) is 27.5 Å². The number of carbonyl (C=O) groups is 3. The topological polar surface area (TPSA) is 127 Å². The van der Waals surface area contributed by atoms with Crippen LogP contribution in [0.15, 0.2) is 91.1 Å². The van der Waals surface area contributed by atoms with Crippen LogP contribution in [0, 0.1) is 0 Å². The molecular weight excluding hydrogens is 506 g/mol. The lowest BCUT2D eigenvalue weighted by Gasteiger charge is -2.41. The standard InChI is InChI=1S/C31H31N5O4/c32-28-25-12-11-23(17-24(25)13-15-33-28)19-34-29(37)27-14-16-36(27)30(38)26(18-21-7-3-1-4-8-21)35-31(39)40-20-22-9-5-2-6-10-22/h1-13,15,17,26-27H,14,16,18-20H2,(H2,32,33)(H,34,37)(H,35,39)/t26-,27+/m1/s1. The summed E-state index contributed by atoms with van der Waals surface area (Å²) in [6.07, 6.45) is 1.79. The number of anilines is 1. The summed E-state index contributed by atoms with van der Waals surface area (Å²) in [4.78, 5) is 44.9. The summed E-state index contributed by atoms with van der Waals surface area (Å²) >= 11 is 0. The Balaban J connectivity index is 1.21. The molecule has 9 nitrogen and oxygen atoms in total. The summed E-state index contributed by atoms with van der Waals surface area (Å²) in [6, 6.07) is 24.9. The fourth-order valence-corrected chi connectivity index (χ4v) is 4.75. The molecule has 4 aromatic rings. The molecule has 1 aliphatic rings. The van der Waals surface area contributed by atoms with Gasteiger partial charge in [0, 0.05) is 31.1 Å². The number of ether oxygens (including phenoxy) is 1. The number of pyridine rings is 1. The summed E-state index contributed by atoms with van der Waals surface area (Å²) in [6.45, 7) is 0.837. The van der Waals surface area contributed by atoms with Gasteiger partial charge in [-0.15, -0.1) is 0 Å². The van der Waals surface area contributed by atoms with E-state index in [1.165, 1.54) is 4.90 Å². The van der Waals surface area contributed by atoms with Crippen LogP contribution < -0.4 is 16.4 Å². The van der Waals surface area contributed by atoms with Crippen molar-refractivity contribution in [1.82, 2.24) is 20.5 Å². The van der Waals surface area contributed by atoms with Crippen molar-refractivity contribution in [3.05, 3.63) is 108 Å². The summed E-state index contributed by atoms with van der Waals surface area (Å²) < 4.78 is 5.37. The molecule has 2 heterocycles. The number of aromatic nitrogens is 1. The van der Waals surface area contributed by atoms with E-state index in [4.69, 9.17) is 10.5 Å². The maximum absolute atomic E-state index is 13.6. The van der Waals surface area contributed by atoms with Crippen LogP contribution in [0.1, 0.15) is 23.1 Å². The van der Waals surface area contributed by atoms with Crippen molar-refractivity contribution in [3.63, 3.8) is 0 Å². The predicted molar refractivity (Wildman–Crippen MR) is 152 cm³/mol. The predicted octanol–water partition coefficient (Wildman–Crippen LogP) is 3.57. The molecule has 40 heavy (non-hydrogen) atoms. The Labute approximate surface area is 232 Å². The van der Waals surface area contributed by atoms with Crippen LogP contribution in [0.3, 0.4) is 0 Å². The molecule has 0 radical (unpaired) electrons. The fraction of sp³-hybridized carbons (Fsp3) is 0.226. The summed E-state index contributed by atoms with van der Waals surface area (Å²) in [7, 11) is 0. The van der Waals surface area contributed by atoms with Gasteiger partial charge in [-0.2, -0.15) is 0 Å². The number of benzene rings is 3. The Bertz CT molecular complexity index is 1500. The van der Waals surface area contributed by atoms with Gasteiger partial charge in [0.25, 0.3) is 0 Å². The minimum atomic E-state index is -0.874. The number of nitrogen functional groups attached to an aromatic ring is 1. The molecule has 0 spiro atoms. The zero-order valence-corrected chi connectivity index (χ0v) is 22.0. The zero-order chi connectivity index (χ0) is 27.9. The number of nitrogens with two attached hydrogens (primary N) is 1. The monoisotopic (exact) mass is 537 g/mol. The minimum absolute atomic E-state index is 0.0888. The number of hydrogen-bond donors (Lipinski definition) is 3. The molecule has 1 saturated heterocycles. The van der Waals surface area contributed by atoms with Gasteiger partial charge in [0.05, 0.1) is 0 Å². The molecule has 3 amide bonds. The molecule has 3 aromatic carbocycles. The third-order valence-corrected chi connectivity index (χ3v) is 7.02. The first-order valence-corrected chi connectivity index (χ1v) is 13.2. The Morgan fingerprint density at radius 1 is 0.950 bits per heavy atom. The average molecular weight is 538 g/mol. The van der Waals surface area contributed by atoms with Crippen LogP contribution in [0.5, 0.6) is 0 Å². The summed E-state index contributed by atoms with van der Waals surface area (Å²) in [5.74, 6) is -0.0982. The van der Waals surface area contributed by atoms with E-state index in [1.54, 1.807) is 6.20 Å². The van der Waals surface area contributed by atoms with Crippen LogP contribution in [0.25, 0.3) is 10.8 Å². The van der Waals surface area contributed by atoms with E-state index >= 15 is 0 Å². The quantitative estimate of drug-likeness (QED) is 0.300. The number of fused-ring (bicyclic) bond motifs is 1. The van der Waals surface area contributed by atoms with Crippen molar-refractivity contribution < 1.29 is 19.1 Å². The molecular formula is C31H31N5O4. The van der Waals surface area contributed by atoms with Crippen molar-refractivity contribution in [2.45, 2.75) is 38.1 Å². The molecule has 2 atom stereocenters. The minimum Gasteiger partial charge on any atom is -0.445 e. The van der Waals surface area contributed by atoms with Crippen LogP contribution in [0.4, 0.5) is 10.6 Å². The van der Waals surface area contributed by atoms with Crippen molar-refractivity contribution in [2.24, 2.45) is 0 Å². The lowest BCUT2D eigenvalue weighted by Crippen LogP contribution is -2.62. The Morgan fingerprint density at radius 2 is 1.68 bits per heavy atom. The number of likely N-dealkylation sites (tertiary alicyclic amines) is 1. The SMILES string of the molecule is Nc1nccc2cc(CNC(=O)[C@@H]3CCN3C(=O)[C@@H](Cc3ccccc3)NC(=O)OCc3ccccc3)ccc12. The maximum atomic E-state index is 13.6. The largest absolute Gasteiger partial charge is 0.445 e. The number of hydrogen-bond acceptors (Lipinski definition) is 6. The lowest BCUT2D eigenvalue weighted by atomic mass is 9.97. The van der Waals surface area contributed by atoms with Crippen LogP contribution in [-0.4, -0.2) is 46.4 Å². The normalized spacial score (nSPS) is 15.1. The van der Waals surface area contributed by atoms with Gasteiger partial charge in [-0.1, -0.05) is 72.8 Å². The molecule has 1 aromatic heterocycles. The van der Waals surface area contributed by atoms with Gasteiger partial charge in [-0.3, -0.25) is 9.59 Å². The van der Waals surface area contributed by atoms with Gasteiger partial charge in [-0.05, 0) is 40.6 Å². The highest BCUT2D eigenvalue weighted by Crippen LogP contribution is 2.22. The molecule has 0 aliphatic carbocycles. The number of alkyl carbamates (subject to hydrolysis) is 1. The molecule has 0 bridgehead atoms. The number of carbonyl (C=O) groups excluding carboxylic acids is 3. The van der Waals surface area contributed by atoms with Gasteiger partial charge in [0.1, 0.15) is 24.5 Å². The van der Waals surface area contributed by atoms with Crippen molar-refractivity contribution in [1.29, 1.82) is 0 Å². The highest BCUT2D eigenvalue weighted by Gasteiger charge is 2.40. The summed E-state index contributed by atoms with van der Waals surface area (Å²) in [5.41, 5.74) is 8.57. The molecule has 4 N–H and O–H groups in total.